The van der Waals surface area contributed by atoms with E-state index < -0.39 is 5.41 Å². The number of likely N-dealkylation sites (tertiary alicyclic amines) is 1. The molecular weight excluding hydrogens is 598 g/mol. The van der Waals surface area contributed by atoms with Crippen molar-refractivity contribution in [2.75, 3.05) is 60.4 Å². The second-order valence-corrected chi connectivity index (χ2v) is 14.0. The number of nitrogen functional groups attached to an aromatic ring is 1. The Morgan fingerprint density at radius 2 is 1.94 bits per heavy atom. The number of aryl methyl sites for hydroxylation is 1. The molecule has 0 unspecified atom stereocenters. The van der Waals surface area contributed by atoms with Crippen molar-refractivity contribution >= 4 is 5.69 Å². The second-order valence-electron chi connectivity index (χ2n) is 14.0. The van der Waals surface area contributed by atoms with Crippen molar-refractivity contribution in [1.29, 1.82) is 5.26 Å². The number of nitrogens with zero attached hydrogens (tertiary/aromatic N) is 6. The largest absolute Gasteiger partial charge is 0.475 e. The lowest BCUT2D eigenvalue weighted by Gasteiger charge is -2.45. The molecule has 0 saturated carbocycles. The van der Waals surface area contributed by atoms with E-state index in [1.54, 1.807) is 13.2 Å². The van der Waals surface area contributed by atoms with Gasteiger partial charge in [-0.1, -0.05) is 11.2 Å². The van der Waals surface area contributed by atoms with Gasteiger partial charge in [0.25, 0.3) is 0 Å². The number of aromatic nitrogens is 3. The average Bonchev–Trinajstić information content (AvgIpc) is 3.65. The number of hydrogen-bond donors (Lipinski definition) is 1. The van der Waals surface area contributed by atoms with Crippen molar-refractivity contribution in [2.24, 2.45) is 0 Å². The maximum atomic E-state index is 10.2. The highest BCUT2D eigenvalue weighted by Crippen LogP contribution is 2.53. The van der Waals surface area contributed by atoms with E-state index in [0.717, 1.165) is 73.9 Å². The van der Waals surface area contributed by atoms with Crippen LogP contribution in [0.4, 0.5) is 5.69 Å². The number of fused-ring (bicyclic) bond motifs is 4. The Hall–Kier alpha value is -3.76. The first-order chi connectivity index (χ1) is 22.7. The summed E-state index contributed by atoms with van der Waals surface area (Å²) in [6, 6.07) is 8.25. The van der Waals surface area contributed by atoms with Crippen LogP contribution in [0.25, 0.3) is 11.5 Å². The lowest BCUT2D eigenvalue weighted by atomic mass is 9.61. The summed E-state index contributed by atoms with van der Waals surface area (Å²) in [5, 5.41) is 14.8. The second kappa shape index (κ2) is 12.4. The van der Waals surface area contributed by atoms with Crippen LogP contribution in [0.2, 0.25) is 0 Å². The van der Waals surface area contributed by atoms with Gasteiger partial charge >= 0.3 is 0 Å². The topological polar surface area (TPSA) is 145 Å². The van der Waals surface area contributed by atoms with Crippen LogP contribution in [0.1, 0.15) is 67.0 Å². The molecule has 2 aromatic heterocycles. The molecule has 7 rings (SSSR count). The van der Waals surface area contributed by atoms with Crippen LogP contribution in [-0.2, 0) is 27.7 Å². The first-order valence-corrected chi connectivity index (χ1v) is 16.7. The summed E-state index contributed by atoms with van der Waals surface area (Å²) in [4.78, 5) is 14.2. The van der Waals surface area contributed by atoms with Crippen molar-refractivity contribution in [3.8, 4) is 29.3 Å². The lowest BCUT2D eigenvalue weighted by Crippen LogP contribution is -2.63. The third-order valence-electron chi connectivity index (χ3n) is 11.0. The van der Waals surface area contributed by atoms with Crippen LogP contribution in [0.15, 0.2) is 22.7 Å². The van der Waals surface area contributed by atoms with E-state index >= 15 is 0 Å². The lowest BCUT2D eigenvalue weighted by molar-refractivity contribution is -0.141. The van der Waals surface area contributed by atoms with Gasteiger partial charge in [0.05, 0.1) is 36.4 Å². The van der Waals surface area contributed by atoms with Crippen LogP contribution >= 0.6 is 0 Å². The molecule has 4 aliphatic rings. The first-order valence-electron chi connectivity index (χ1n) is 16.7. The van der Waals surface area contributed by atoms with Gasteiger partial charge in [-0.2, -0.15) is 15.2 Å². The zero-order chi connectivity index (χ0) is 32.9. The summed E-state index contributed by atoms with van der Waals surface area (Å²) in [5.74, 6) is 2.02. The summed E-state index contributed by atoms with van der Waals surface area (Å²) in [5.41, 5.74) is 10.4. The predicted octanol–water partition coefficient (Wildman–Crippen LogP) is 3.74. The van der Waals surface area contributed by atoms with Crippen LogP contribution in [0.5, 0.6) is 11.8 Å². The smallest absolute Gasteiger partial charge is 0.221 e. The first kappa shape index (κ1) is 31.8. The molecule has 0 radical (unpaired) electrons. The van der Waals surface area contributed by atoms with E-state index in [4.69, 9.17) is 39.2 Å². The minimum atomic E-state index is -0.470. The molecule has 2 aliphatic heterocycles. The van der Waals surface area contributed by atoms with Crippen molar-refractivity contribution < 1.29 is 23.5 Å². The maximum absolute atomic E-state index is 10.2. The molecule has 47 heavy (non-hydrogen) atoms. The third kappa shape index (κ3) is 5.43. The van der Waals surface area contributed by atoms with E-state index in [0.29, 0.717) is 54.3 Å². The van der Waals surface area contributed by atoms with Crippen LogP contribution < -0.4 is 15.2 Å². The van der Waals surface area contributed by atoms with Crippen molar-refractivity contribution in [3.63, 3.8) is 0 Å². The highest BCUT2D eigenvalue weighted by Gasteiger charge is 2.48. The van der Waals surface area contributed by atoms with E-state index in [1.807, 2.05) is 20.2 Å². The van der Waals surface area contributed by atoms with Gasteiger partial charge in [0.15, 0.2) is 17.3 Å². The van der Waals surface area contributed by atoms with E-state index in [9.17, 15) is 5.26 Å². The molecule has 4 heterocycles. The van der Waals surface area contributed by atoms with Gasteiger partial charge in [0.2, 0.25) is 11.8 Å². The number of likely N-dealkylation sites (N-methyl/N-ethyl adjacent to an activating group) is 2. The third-order valence-corrected chi connectivity index (χ3v) is 11.0. The molecule has 2 saturated heterocycles. The van der Waals surface area contributed by atoms with Crippen LogP contribution in [-0.4, -0.2) is 103 Å². The fraction of sp³-hybridized carbons (Fsp3) is 0.600. The molecule has 1 aromatic carbocycles. The van der Waals surface area contributed by atoms with Gasteiger partial charge in [0.1, 0.15) is 24.3 Å². The monoisotopic (exact) mass is 643 g/mol. The Morgan fingerprint density at radius 3 is 2.62 bits per heavy atom. The van der Waals surface area contributed by atoms with Crippen molar-refractivity contribution in [1.82, 2.24) is 24.9 Å². The van der Waals surface area contributed by atoms with Gasteiger partial charge < -0.3 is 29.2 Å². The molecule has 0 amide bonds. The van der Waals surface area contributed by atoms with Gasteiger partial charge in [-0.3, -0.25) is 9.80 Å². The highest BCUT2D eigenvalue weighted by atomic mass is 16.5. The molecule has 1 spiro atoms. The fourth-order valence-corrected chi connectivity index (χ4v) is 8.12. The molecule has 0 bridgehead atoms. The van der Waals surface area contributed by atoms with E-state index in [2.05, 4.69) is 41.1 Å². The zero-order valence-corrected chi connectivity index (χ0v) is 28.0. The number of hydrogen-bond acceptors (Lipinski definition) is 12. The number of methoxy groups -OCH3 is 1. The van der Waals surface area contributed by atoms with Gasteiger partial charge in [-0.25, -0.2) is 0 Å². The van der Waals surface area contributed by atoms with Crippen LogP contribution in [0.3, 0.4) is 0 Å². The molecule has 2 fully saturated rings. The Labute approximate surface area is 276 Å². The van der Waals surface area contributed by atoms with Gasteiger partial charge in [-0.05, 0) is 90.2 Å². The Balaban J connectivity index is 1.27. The van der Waals surface area contributed by atoms with Crippen molar-refractivity contribution in [3.05, 3.63) is 46.2 Å². The number of benzene rings is 1. The average molecular weight is 644 g/mol. The quantitative estimate of drug-likeness (QED) is 0.339. The number of anilines is 1. The van der Waals surface area contributed by atoms with Crippen LogP contribution in [0, 0.1) is 11.3 Å². The maximum Gasteiger partial charge on any atom is 0.221 e. The minimum absolute atomic E-state index is 0.160. The Bertz CT molecular complexity index is 1680. The number of ether oxygens (including phenoxy) is 4. The standard InChI is InChI=1S/C35H45N7O5/c1-21(27-14-23(43-5)17-42(27)4)46-29-15-28(45-20-34(41(2)3)18-44-19-34)38-33(39-29)31-24-9-7-13-35(32(24)47-40-31)12-6-8-22-10-11-26(37)25(16-36)30(22)35/h10-11,15,21,23,27H,6-9,12-14,17-20,37H2,1-5H3/t21-,23+,27-,35+/m0/s1. The summed E-state index contributed by atoms with van der Waals surface area (Å²) in [7, 11) is 7.92. The van der Waals surface area contributed by atoms with Crippen molar-refractivity contribution in [2.45, 2.75) is 81.1 Å². The summed E-state index contributed by atoms with van der Waals surface area (Å²) >= 11 is 0. The number of rotatable bonds is 9. The molecular formula is C35H45N7O5. The molecule has 3 aromatic rings. The normalized spacial score (nSPS) is 25.6. The summed E-state index contributed by atoms with van der Waals surface area (Å²) < 4.78 is 30.4. The molecule has 2 N–H and O–H groups in total. The summed E-state index contributed by atoms with van der Waals surface area (Å²) in [6.45, 7) is 4.49. The number of nitriles is 1. The molecule has 4 atom stereocenters. The Morgan fingerprint density at radius 1 is 1.17 bits per heavy atom. The minimum Gasteiger partial charge on any atom is -0.475 e. The molecule has 2 aliphatic carbocycles. The zero-order valence-electron chi connectivity index (χ0n) is 28.0. The molecule has 12 heteroatoms. The van der Waals surface area contributed by atoms with E-state index in [1.165, 1.54) is 0 Å². The fourth-order valence-electron chi connectivity index (χ4n) is 8.12. The molecule has 12 nitrogen and oxygen atoms in total. The van der Waals surface area contributed by atoms with Gasteiger partial charge in [0, 0.05) is 30.9 Å². The highest BCUT2D eigenvalue weighted by molar-refractivity contribution is 5.67. The van der Waals surface area contributed by atoms with E-state index in [-0.39, 0.29) is 23.8 Å². The number of nitrogens with two attached hydrogens (primary N) is 1. The predicted molar refractivity (Wildman–Crippen MR) is 174 cm³/mol. The van der Waals surface area contributed by atoms with Gasteiger partial charge in [-0.15, -0.1) is 0 Å². The SMILES string of the molecule is CO[C@@H]1C[C@@H]([C@H](C)Oc2cc(OCC3(N(C)C)COC3)nc(-c3noc4c3CCC[C@@]43CCCc4ccc(N)c(C#N)c43)n2)N(C)C1. The summed E-state index contributed by atoms with van der Waals surface area (Å²) in [6.07, 6.45) is 6.18. The molecule has 250 valence electrons. The Kier molecular flexibility index (Phi) is 8.37.